The molecule has 0 spiro atoms. The molecule has 0 aromatic heterocycles. The maximum atomic E-state index is 11.6. The summed E-state index contributed by atoms with van der Waals surface area (Å²) in [4.78, 5) is 23.3. The van der Waals surface area contributed by atoms with Crippen LogP contribution in [0.1, 0.15) is 12.8 Å². The quantitative estimate of drug-likeness (QED) is 0.187. The molecule has 0 aromatic carbocycles. The number of hydrogen-bond donors (Lipinski definition) is 8. The summed E-state index contributed by atoms with van der Waals surface area (Å²) in [6.45, 7) is -4.08. The second kappa shape index (κ2) is 9.66. The lowest BCUT2D eigenvalue weighted by atomic mass is 10.0. The summed E-state index contributed by atoms with van der Waals surface area (Å²) in [6.07, 6.45) is -0.627. The van der Waals surface area contributed by atoms with Crippen LogP contribution in [-0.4, -0.2) is 93.2 Å². The third-order valence-corrected chi connectivity index (χ3v) is 3.20. The Kier molecular flexibility index (Phi) is 9.09. The monoisotopic (exact) mass is 324 g/mol. The summed E-state index contributed by atoms with van der Waals surface area (Å²) in [5, 5.41) is 58.8. The molecule has 0 aliphatic heterocycles. The first-order valence-electron chi connectivity index (χ1n) is 6.63. The molecule has 10 heteroatoms. The van der Waals surface area contributed by atoms with Crippen LogP contribution < -0.4 is 10.6 Å². The van der Waals surface area contributed by atoms with Crippen molar-refractivity contribution < 1.29 is 40.2 Å². The zero-order chi connectivity index (χ0) is 17.2. The normalized spacial score (nSPS) is 12.1. The zero-order valence-corrected chi connectivity index (χ0v) is 12.2. The number of carbonyl (C=O) groups excluding carboxylic acids is 2. The van der Waals surface area contributed by atoms with E-state index in [1.165, 1.54) is 0 Å². The van der Waals surface area contributed by atoms with E-state index in [4.69, 9.17) is 30.6 Å². The van der Waals surface area contributed by atoms with Gasteiger partial charge in [-0.15, -0.1) is 0 Å². The van der Waals surface area contributed by atoms with Gasteiger partial charge >= 0.3 is 0 Å². The van der Waals surface area contributed by atoms with Crippen molar-refractivity contribution in [3.8, 4) is 0 Å². The summed E-state index contributed by atoms with van der Waals surface area (Å²) < 4.78 is 0. The summed E-state index contributed by atoms with van der Waals surface area (Å²) in [5.41, 5.74) is -3.14. The summed E-state index contributed by atoms with van der Waals surface area (Å²) in [6, 6.07) is 0. The van der Waals surface area contributed by atoms with E-state index >= 15 is 0 Å². The fourth-order valence-corrected chi connectivity index (χ4v) is 1.48. The van der Waals surface area contributed by atoms with Crippen molar-refractivity contribution in [2.24, 2.45) is 0 Å². The fraction of sp³-hybridized carbons (Fsp3) is 0.833. The van der Waals surface area contributed by atoms with Crippen LogP contribution in [0.3, 0.4) is 0 Å². The van der Waals surface area contributed by atoms with Gasteiger partial charge in [0.15, 0.2) is 0 Å². The fourth-order valence-electron chi connectivity index (χ4n) is 1.48. The molecule has 0 aliphatic carbocycles. The van der Waals surface area contributed by atoms with Gasteiger partial charge in [0, 0.05) is 12.8 Å². The SMILES string of the molecule is O=C(CCC(=O)NC(CO)(CO)CO)NC(CO)(CO)CO. The third kappa shape index (κ3) is 5.83. The van der Waals surface area contributed by atoms with Gasteiger partial charge in [0.05, 0.1) is 39.6 Å². The van der Waals surface area contributed by atoms with Gasteiger partial charge in [-0.25, -0.2) is 0 Å². The highest BCUT2D eigenvalue weighted by molar-refractivity contribution is 5.84. The molecule has 0 heterocycles. The lowest BCUT2D eigenvalue weighted by molar-refractivity contribution is -0.130. The topological polar surface area (TPSA) is 180 Å². The molecule has 0 unspecified atom stereocenters. The smallest absolute Gasteiger partial charge is 0.221 e. The Balaban J connectivity index is 4.44. The first kappa shape index (κ1) is 20.7. The molecule has 0 aliphatic rings. The van der Waals surface area contributed by atoms with Crippen LogP contribution in [0, 0.1) is 0 Å². The summed E-state index contributed by atoms with van der Waals surface area (Å²) in [5.74, 6) is -1.37. The van der Waals surface area contributed by atoms with Crippen LogP contribution >= 0.6 is 0 Å². The second-order valence-corrected chi connectivity index (χ2v) is 5.11. The highest BCUT2D eigenvalue weighted by Crippen LogP contribution is 2.05. The van der Waals surface area contributed by atoms with Crippen LogP contribution in [0.25, 0.3) is 0 Å². The lowest BCUT2D eigenvalue weighted by Gasteiger charge is -2.29. The minimum Gasteiger partial charge on any atom is -0.394 e. The van der Waals surface area contributed by atoms with Gasteiger partial charge in [-0.1, -0.05) is 0 Å². The maximum Gasteiger partial charge on any atom is 0.221 e. The highest BCUT2D eigenvalue weighted by atomic mass is 16.3. The van der Waals surface area contributed by atoms with E-state index in [0.29, 0.717) is 0 Å². The van der Waals surface area contributed by atoms with Crippen molar-refractivity contribution in [1.82, 2.24) is 10.6 Å². The summed E-state index contributed by atoms with van der Waals surface area (Å²) >= 11 is 0. The number of aliphatic hydroxyl groups excluding tert-OH is 6. The van der Waals surface area contributed by atoms with E-state index < -0.39 is 62.5 Å². The number of nitrogens with one attached hydrogen (secondary N) is 2. The largest absolute Gasteiger partial charge is 0.394 e. The van der Waals surface area contributed by atoms with Crippen LogP contribution in [0.2, 0.25) is 0 Å². The molecule has 8 N–H and O–H groups in total. The molecule has 0 fully saturated rings. The molecule has 0 saturated heterocycles. The van der Waals surface area contributed by atoms with E-state index in [1.807, 2.05) is 0 Å². The molecule has 22 heavy (non-hydrogen) atoms. The molecular formula is C12H24N2O8. The average Bonchev–Trinajstić information content (AvgIpc) is 2.56. The third-order valence-electron chi connectivity index (χ3n) is 3.20. The van der Waals surface area contributed by atoms with Crippen LogP contribution in [0.4, 0.5) is 0 Å². The van der Waals surface area contributed by atoms with Crippen molar-refractivity contribution >= 4 is 11.8 Å². The number of amides is 2. The van der Waals surface area contributed by atoms with Crippen molar-refractivity contribution in [3.63, 3.8) is 0 Å². The number of hydrogen-bond acceptors (Lipinski definition) is 8. The molecular weight excluding hydrogens is 300 g/mol. The van der Waals surface area contributed by atoms with Crippen molar-refractivity contribution in [1.29, 1.82) is 0 Å². The zero-order valence-electron chi connectivity index (χ0n) is 12.2. The second-order valence-electron chi connectivity index (χ2n) is 5.11. The Morgan fingerprint density at radius 1 is 0.591 bits per heavy atom. The predicted octanol–water partition coefficient (Wildman–Crippen LogP) is -4.57. The minimum absolute atomic E-state index is 0.314. The molecule has 0 rings (SSSR count). The number of rotatable bonds is 11. The minimum atomic E-state index is -1.57. The lowest BCUT2D eigenvalue weighted by Crippen LogP contribution is -2.58. The standard InChI is InChI=1S/C12H24N2O8/c15-3-11(4-16,5-17)13-9(21)1-2-10(22)14-12(6-18,7-19)8-20/h15-20H,1-8H2,(H,13,21)(H,14,22). The first-order chi connectivity index (χ1) is 10.4. The molecule has 10 nitrogen and oxygen atoms in total. The van der Waals surface area contributed by atoms with Gasteiger partial charge < -0.3 is 41.3 Å². The Morgan fingerprint density at radius 3 is 1.00 bits per heavy atom. The number of aliphatic hydroxyl groups is 6. The molecule has 2 amide bonds. The van der Waals surface area contributed by atoms with E-state index in [2.05, 4.69) is 10.6 Å². The first-order valence-corrected chi connectivity index (χ1v) is 6.63. The molecule has 0 saturated carbocycles. The van der Waals surface area contributed by atoms with E-state index in [9.17, 15) is 9.59 Å². The Bertz CT molecular complexity index is 305. The average molecular weight is 324 g/mol. The van der Waals surface area contributed by atoms with Crippen molar-refractivity contribution in [3.05, 3.63) is 0 Å². The van der Waals surface area contributed by atoms with Crippen molar-refractivity contribution in [2.45, 2.75) is 23.9 Å². The molecule has 0 radical (unpaired) electrons. The van der Waals surface area contributed by atoms with Crippen LogP contribution in [0.5, 0.6) is 0 Å². The predicted molar refractivity (Wildman–Crippen MR) is 73.5 cm³/mol. The van der Waals surface area contributed by atoms with Crippen molar-refractivity contribution in [2.75, 3.05) is 39.6 Å². The molecule has 0 bridgehead atoms. The maximum absolute atomic E-state index is 11.6. The van der Waals surface area contributed by atoms with Gasteiger partial charge in [0.25, 0.3) is 0 Å². The molecule has 130 valence electrons. The van der Waals surface area contributed by atoms with E-state index in [1.54, 1.807) is 0 Å². The van der Waals surface area contributed by atoms with Gasteiger partial charge in [0.1, 0.15) is 11.1 Å². The van der Waals surface area contributed by atoms with Gasteiger partial charge in [-0.05, 0) is 0 Å². The highest BCUT2D eigenvalue weighted by Gasteiger charge is 2.31. The Hall–Kier alpha value is -1.30. The summed E-state index contributed by atoms with van der Waals surface area (Å²) in [7, 11) is 0. The Labute approximate surface area is 127 Å². The molecule has 0 atom stereocenters. The Morgan fingerprint density at radius 2 is 0.818 bits per heavy atom. The van der Waals surface area contributed by atoms with E-state index in [0.717, 1.165) is 0 Å². The number of carbonyl (C=O) groups is 2. The van der Waals surface area contributed by atoms with Gasteiger partial charge in [0.2, 0.25) is 11.8 Å². The van der Waals surface area contributed by atoms with Crippen LogP contribution in [0.15, 0.2) is 0 Å². The van der Waals surface area contributed by atoms with Gasteiger partial charge in [-0.2, -0.15) is 0 Å². The molecule has 0 aromatic rings. The van der Waals surface area contributed by atoms with Gasteiger partial charge in [-0.3, -0.25) is 9.59 Å². The van der Waals surface area contributed by atoms with E-state index in [-0.39, 0.29) is 12.8 Å². The van der Waals surface area contributed by atoms with Crippen LogP contribution in [-0.2, 0) is 9.59 Å².